The summed E-state index contributed by atoms with van der Waals surface area (Å²) < 4.78 is 0. The van der Waals surface area contributed by atoms with E-state index in [2.05, 4.69) is 70.4 Å². The van der Waals surface area contributed by atoms with E-state index in [4.69, 9.17) is 0 Å². The Morgan fingerprint density at radius 2 is 1.83 bits per heavy atom. The lowest BCUT2D eigenvalue weighted by Crippen LogP contribution is -2.24. The van der Waals surface area contributed by atoms with Gasteiger partial charge in [0.15, 0.2) is 0 Å². The van der Waals surface area contributed by atoms with Gasteiger partial charge in [-0.15, -0.1) is 0 Å². The maximum absolute atomic E-state index is 9.39. The van der Waals surface area contributed by atoms with Gasteiger partial charge in [0, 0.05) is 34.9 Å². The lowest BCUT2D eigenvalue weighted by molar-refractivity contribution is 0.266. The standard InChI is InChI=1S/C25H29N5/c1-4-10-30(11-5-2)16-18-6-8-19(9-7-18)20-12-21-24-17(3)22(13-26)27-15-23(24)29-25(21)28-14-20/h6-9,12,14,27H,4-5,10-11,15-16H2,1-3H3,(H,28,29). The molecule has 0 radical (unpaired) electrons. The molecule has 0 atom stereocenters. The van der Waals surface area contributed by atoms with Crippen molar-refractivity contribution in [2.45, 2.75) is 46.7 Å². The predicted octanol–water partition coefficient (Wildman–Crippen LogP) is 5.21. The summed E-state index contributed by atoms with van der Waals surface area (Å²) in [6.07, 6.45) is 4.29. The van der Waals surface area contributed by atoms with Crippen LogP contribution in [0.25, 0.3) is 27.7 Å². The number of nitrogens with one attached hydrogen (secondary N) is 2. The molecule has 2 aromatic heterocycles. The second-order valence-electron chi connectivity index (χ2n) is 8.04. The monoisotopic (exact) mass is 399 g/mol. The van der Waals surface area contributed by atoms with Gasteiger partial charge >= 0.3 is 0 Å². The van der Waals surface area contributed by atoms with Gasteiger partial charge < -0.3 is 10.3 Å². The maximum atomic E-state index is 9.39. The molecule has 0 aliphatic carbocycles. The van der Waals surface area contributed by atoms with E-state index in [0.717, 1.165) is 58.6 Å². The van der Waals surface area contributed by atoms with Crippen LogP contribution < -0.4 is 5.32 Å². The van der Waals surface area contributed by atoms with Gasteiger partial charge in [-0.25, -0.2) is 4.98 Å². The van der Waals surface area contributed by atoms with Crippen molar-refractivity contribution in [3.05, 3.63) is 59.0 Å². The lowest BCUT2D eigenvalue weighted by atomic mass is 9.97. The third-order valence-corrected chi connectivity index (χ3v) is 5.80. The number of hydrogen-bond acceptors (Lipinski definition) is 4. The Kier molecular flexibility index (Phi) is 5.87. The molecule has 0 spiro atoms. The van der Waals surface area contributed by atoms with E-state index >= 15 is 0 Å². The van der Waals surface area contributed by atoms with Gasteiger partial charge in [0.1, 0.15) is 17.4 Å². The van der Waals surface area contributed by atoms with Crippen LogP contribution in [0, 0.1) is 11.3 Å². The average molecular weight is 400 g/mol. The van der Waals surface area contributed by atoms with E-state index in [9.17, 15) is 5.26 Å². The Bertz CT molecular complexity index is 1110. The summed E-state index contributed by atoms with van der Waals surface area (Å²) in [4.78, 5) is 10.6. The second kappa shape index (κ2) is 8.73. The summed E-state index contributed by atoms with van der Waals surface area (Å²) in [7, 11) is 0. The van der Waals surface area contributed by atoms with Crippen LogP contribution in [0.2, 0.25) is 0 Å². The predicted molar refractivity (Wildman–Crippen MR) is 122 cm³/mol. The minimum Gasteiger partial charge on any atom is -0.371 e. The molecule has 5 heteroatoms. The van der Waals surface area contributed by atoms with Crippen molar-refractivity contribution >= 4 is 16.6 Å². The van der Waals surface area contributed by atoms with Crippen LogP contribution in [0.3, 0.4) is 0 Å². The molecule has 4 rings (SSSR count). The molecule has 30 heavy (non-hydrogen) atoms. The van der Waals surface area contributed by atoms with Crippen molar-refractivity contribution in [3.8, 4) is 17.2 Å². The molecule has 0 saturated heterocycles. The Balaban J connectivity index is 1.64. The zero-order valence-corrected chi connectivity index (χ0v) is 18.0. The highest BCUT2D eigenvalue weighted by molar-refractivity contribution is 5.96. The molecule has 1 aliphatic heterocycles. The van der Waals surface area contributed by atoms with Crippen molar-refractivity contribution in [2.75, 3.05) is 13.1 Å². The van der Waals surface area contributed by atoms with Gasteiger partial charge in [0.05, 0.1) is 6.54 Å². The van der Waals surface area contributed by atoms with Crippen LogP contribution in [0.4, 0.5) is 0 Å². The Morgan fingerprint density at radius 3 is 2.50 bits per heavy atom. The van der Waals surface area contributed by atoms with Crippen molar-refractivity contribution < 1.29 is 0 Å². The van der Waals surface area contributed by atoms with E-state index in [0.29, 0.717) is 12.2 Å². The molecular weight excluding hydrogens is 370 g/mol. The molecule has 0 amide bonds. The number of nitrogens with zero attached hydrogens (tertiary/aromatic N) is 3. The minimum absolute atomic E-state index is 0.627. The fourth-order valence-electron chi connectivity index (χ4n) is 4.36. The normalized spacial score (nSPS) is 13.4. The van der Waals surface area contributed by atoms with Crippen LogP contribution in [-0.2, 0) is 13.1 Å². The van der Waals surface area contributed by atoms with Crippen molar-refractivity contribution in [1.82, 2.24) is 20.2 Å². The van der Waals surface area contributed by atoms with Gasteiger partial charge in [-0.2, -0.15) is 5.26 Å². The Labute approximate surface area is 178 Å². The van der Waals surface area contributed by atoms with Gasteiger partial charge in [-0.05, 0) is 55.6 Å². The number of hydrogen-bond donors (Lipinski definition) is 2. The summed E-state index contributed by atoms with van der Waals surface area (Å²) in [5.74, 6) is 0. The van der Waals surface area contributed by atoms with Gasteiger partial charge in [0.2, 0.25) is 0 Å². The number of rotatable bonds is 7. The van der Waals surface area contributed by atoms with Crippen LogP contribution in [0.5, 0.6) is 0 Å². The number of pyridine rings is 1. The van der Waals surface area contributed by atoms with Crippen LogP contribution in [0.15, 0.2) is 42.2 Å². The summed E-state index contributed by atoms with van der Waals surface area (Å²) in [5.41, 5.74) is 8.30. The summed E-state index contributed by atoms with van der Waals surface area (Å²) in [5, 5.41) is 13.6. The first-order valence-corrected chi connectivity index (χ1v) is 10.8. The topological polar surface area (TPSA) is 67.7 Å². The molecule has 0 saturated carbocycles. The Morgan fingerprint density at radius 1 is 1.10 bits per heavy atom. The van der Waals surface area contributed by atoms with E-state index in [1.807, 2.05) is 13.1 Å². The van der Waals surface area contributed by atoms with E-state index in [1.165, 1.54) is 18.4 Å². The van der Waals surface area contributed by atoms with Gasteiger partial charge in [0.25, 0.3) is 0 Å². The number of aromatic nitrogens is 2. The average Bonchev–Trinajstić information content (AvgIpc) is 3.13. The van der Waals surface area contributed by atoms with Crippen molar-refractivity contribution in [3.63, 3.8) is 0 Å². The van der Waals surface area contributed by atoms with E-state index in [-0.39, 0.29) is 0 Å². The molecule has 5 nitrogen and oxygen atoms in total. The zero-order valence-electron chi connectivity index (χ0n) is 18.0. The molecule has 2 N–H and O–H groups in total. The van der Waals surface area contributed by atoms with E-state index < -0.39 is 0 Å². The SMILES string of the molecule is CCCN(CCC)Cc1ccc(-c2cnc3[nH]c4c(c3c2)C(C)=C(C#N)NC4)cc1. The number of fused-ring (bicyclic) bond motifs is 3. The molecule has 3 aromatic rings. The summed E-state index contributed by atoms with van der Waals surface area (Å²) in [6, 6.07) is 13.3. The molecule has 0 fully saturated rings. The van der Waals surface area contributed by atoms with Gasteiger partial charge in [-0.3, -0.25) is 4.90 Å². The number of allylic oxidation sites excluding steroid dienone is 2. The van der Waals surface area contributed by atoms with Crippen molar-refractivity contribution in [1.29, 1.82) is 5.26 Å². The number of benzene rings is 1. The molecule has 1 aromatic carbocycles. The first-order valence-electron chi connectivity index (χ1n) is 10.8. The first-order chi connectivity index (χ1) is 14.6. The quantitative estimate of drug-likeness (QED) is 0.572. The van der Waals surface area contributed by atoms with Crippen LogP contribution >= 0.6 is 0 Å². The highest BCUT2D eigenvalue weighted by Gasteiger charge is 2.21. The van der Waals surface area contributed by atoms with Crippen molar-refractivity contribution in [2.24, 2.45) is 0 Å². The molecule has 0 unspecified atom stereocenters. The fourth-order valence-corrected chi connectivity index (χ4v) is 4.36. The van der Waals surface area contributed by atoms with Gasteiger partial charge in [-0.1, -0.05) is 38.1 Å². The fraction of sp³-hybridized carbons (Fsp3) is 0.360. The zero-order chi connectivity index (χ0) is 21.1. The summed E-state index contributed by atoms with van der Waals surface area (Å²) in [6.45, 7) is 10.4. The minimum atomic E-state index is 0.627. The largest absolute Gasteiger partial charge is 0.371 e. The lowest BCUT2D eigenvalue weighted by Gasteiger charge is -2.21. The number of aromatic amines is 1. The Hall–Kier alpha value is -3.10. The third kappa shape index (κ3) is 3.83. The summed E-state index contributed by atoms with van der Waals surface area (Å²) >= 11 is 0. The van der Waals surface area contributed by atoms with E-state index in [1.54, 1.807) is 0 Å². The molecular formula is C25H29N5. The molecule has 3 heterocycles. The first kappa shape index (κ1) is 20.2. The second-order valence-corrected chi connectivity index (χ2v) is 8.04. The highest BCUT2D eigenvalue weighted by atomic mass is 15.1. The van der Waals surface area contributed by atoms with Crippen LogP contribution in [0.1, 0.15) is 50.4 Å². The number of nitriles is 1. The van der Waals surface area contributed by atoms with Crippen LogP contribution in [-0.4, -0.2) is 28.0 Å². The highest BCUT2D eigenvalue weighted by Crippen LogP contribution is 2.34. The number of H-pyrrole nitrogens is 1. The third-order valence-electron chi connectivity index (χ3n) is 5.80. The molecule has 154 valence electrons. The molecule has 1 aliphatic rings. The molecule has 0 bridgehead atoms. The smallest absolute Gasteiger partial charge is 0.138 e. The maximum Gasteiger partial charge on any atom is 0.138 e.